The van der Waals surface area contributed by atoms with E-state index in [1.807, 2.05) is 49.6 Å². The van der Waals surface area contributed by atoms with Gasteiger partial charge >= 0.3 is 0 Å². The Morgan fingerprint density at radius 3 is 2.70 bits per heavy atom. The maximum atomic E-state index is 12.3. The van der Waals surface area contributed by atoms with E-state index in [1.165, 1.54) is 0 Å². The first-order valence-electron chi connectivity index (χ1n) is 6.55. The summed E-state index contributed by atoms with van der Waals surface area (Å²) in [5, 5.41) is 7.22. The van der Waals surface area contributed by atoms with E-state index in [9.17, 15) is 4.79 Å². The Bertz CT molecular complexity index is 527. The minimum Gasteiger partial charge on any atom is -0.347 e. The molecule has 1 N–H and O–H groups in total. The molecule has 0 aliphatic heterocycles. The van der Waals surface area contributed by atoms with Crippen LogP contribution in [-0.2, 0) is 4.79 Å². The number of nitrogens with zero attached hydrogens (tertiary/aromatic N) is 2. The molecule has 2 atom stereocenters. The van der Waals surface area contributed by atoms with Gasteiger partial charge < -0.3 is 5.32 Å². The van der Waals surface area contributed by atoms with Gasteiger partial charge in [-0.3, -0.25) is 9.48 Å². The predicted molar refractivity (Wildman–Crippen MR) is 82.6 cm³/mol. The maximum absolute atomic E-state index is 12.3. The summed E-state index contributed by atoms with van der Waals surface area (Å²) >= 11 is 1.72. The van der Waals surface area contributed by atoms with Gasteiger partial charge in [-0.05, 0) is 24.8 Å². The van der Waals surface area contributed by atoms with Crippen molar-refractivity contribution in [1.82, 2.24) is 15.1 Å². The van der Waals surface area contributed by atoms with Crippen LogP contribution in [0.3, 0.4) is 0 Å². The van der Waals surface area contributed by atoms with Gasteiger partial charge in [-0.25, -0.2) is 0 Å². The number of aromatic nitrogens is 2. The molecule has 0 aliphatic carbocycles. The Labute approximate surface area is 123 Å². The fourth-order valence-electron chi connectivity index (χ4n) is 2.00. The van der Waals surface area contributed by atoms with E-state index in [2.05, 4.69) is 10.4 Å². The van der Waals surface area contributed by atoms with Crippen LogP contribution in [0.1, 0.15) is 24.6 Å². The van der Waals surface area contributed by atoms with E-state index in [1.54, 1.807) is 28.8 Å². The molecule has 1 aromatic carbocycles. The lowest BCUT2D eigenvalue weighted by Crippen LogP contribution is -2.35. The molecule has 20 heavy (non-hydrogen) atoms. The minimum atomic E-state index is -0.307. The Morgan fingerprint density at radius 2 is 2.10 bits per heavy atom. The number of benzene rings is 1. The van der Waals surface area contributed by atoms with Crippen molar-refractivity contribution < 1.29 is 4.79 Å². The van der Waals surface area contributed by atoms with Crippen LogP contribution in [0, 0.1) is 0 Å². The third kappa shape index (κ3) is 3.63. The molecule has 0 fully saturated rings. The molecule has 4 nitrogen and oxygen atoms in total. The third-order valence-corrected chi connectivity index (χ3v) is 3.82. The van der Waals surface area contributed by atoms with Gasteiger partial charge in [0.15, 0.2) is 0 Å². The zero-order valence-electron chi connectivity index (χ0n) is 11.7. The first-order valence-corrected chi connectivity index (χ1v) is 7.95. The average Bonchev–Trinajstić information content (AvgIpc) is 3.01. The first-order chi connectivity index (χ1) is 9.72. The molecule has 0 spiro atoms. The Kier molecular flexibility index (Phi) is 5.24. The fraction of sp³-hybridized carbons (Fsp3) is 0.333. The third-order valence-electron chi connectivity index (χ3n) is 3.15. The van der Waals surface area contributed by atoms with Gasteiger partial charge in [-0.15, -0.1) is 0 Å². The zero-order chi connectivity index (χ0) is 14.4. The first kappa shape index (κ1) is 14.7. The molecular formula is C15H19N3OS. The Morgan fingerprint density at radius 1 is 1.35 bits per heavy atom. The molecule has 1 aromatic heterocycles. The molecule has 1 heterocycles. The van der Waals surface area contributed by atoms with Gasteiger partial charge in [-0.2, -0.15) is 16.9 Å². The largest absolute Gasteiger partial charge is 0.347 e. The summed E-state index contributed by atoms with van der Waals surface area (Å²) < 4.78 is 1.66. The lowest BCUT2D eigenvalue weighted by molar-refractivity contribution is -0.124. The number of hydrogen-bond acceptors (Lipinski definition) is 3. The molecule has 0 bridgehead atoms. The van der Waals surface area contributed by atoms with E-state index < -0.39 is 0 Å². The van der Waals surface area contributed by atoms with E-state index in [-0.39, 0.29) is 18.0 Å². The predicted octanol–water partition coefficient (Wildman–Crippen LogP) is 2.66. The molecule has 0 saturated heterocycles. The molecular weight excluding hydrogens is 270 g/mol. The number of rotatable bonds is 6. The van der Waals surface area contributed by atoms with Crippen LogP contribution >= 0.6 is 11.8 Å². The average molecular weight is 289 g/mol. The van der Waals surface area contributed by atoms with Gasteiger partial charge in [0.25, 0.3) is 0 Å². The summed E-state index contributed by atoms with van der Waals surface area (Å²) in [6.07, 6.45) is 5.52. The van der Waals surface area contributed by atoms with Gasteiger partial charge in [0, 0.05) is 18.1 Å². The topological polar surface area (TPSA) is 46.9 Å². The second-order valence-corrected chi connectivity index (χ2v) is 5.50. The smallest absolute Gasteiger partial charge is 0.245 e. The molecule has 0 unspecified atom stereocenters. The van der Waals surface area contributed by atoms with Crippen molar-refractivity contribution in [3.05, 3.63) is 54.4 Å². The van der Waals surface area contributed by atoms with Crippen LogP contribution in [0.5, 0.6) is 0 Å². The Hall–Kier alpha value is -1.75. The molecule has 5 heteroatoms. The second-order valence-electron chi connectivity index (χ2n) is 4.59. The molecule has 106 valence electrons. The number of amides is 1. The van der Waals surface area contributed by atoms with Crippen molar-refractivity contribution in [2.45, 2.75) is 19.0 Å². The lowest BCUT2D eigenvalue weighted by Gasteiger charge is -2.21. The van der Waals surface area contributed by atoms with Crippen molar-refractivity contribution in [2.24, 2.45) is 0 Å². The number of carbonyl (C=O) groups is 1. The highest BCUT2D eigenvalue weighted by Crippen LogP contribution is 2.18. The van der Waals surface area contributed by atoms with E-state index >= 15 is 0 Å². The number of nitrogens with one attached hydrogen (secondary N) is 1. The lowest BCUT2D eigenvalue weighted by atomic mass is 10.1. The molecule has 1 amide bonds. The highest BCUT2D eigenvalue weighted by molar-refractivity contribution is 7.98. The van der Waals surface area contributed by atoms with Gasteiger partial charge in [0.1, 0.15) is 6.04 Å². The van der Waals surface area contributed by atoms with Gasteiger partial charge in [0.2, 0.25) is 5.91 Å². The van der Waals surface area contributed by atoms with Crippen LogP contribution in [0.2, 0.25) is 0 Å². The zero-order valence-corrected chi connectivity index (χ0v) is 12.5. The highest BCUT2D eigenvalue weighted by Gasteiger charge is 2.19. The van der Waals surface area contributed by atoms with Crippen molar-refractivity contribution in [2.75, 3.05) is 12.0 Å². The summed E-state index contributed by atoms with van der Waals surface area (Å²) in [5.74, 6) is 0.832. The van der Waals surface area contributed by atoms with Crippen molar-refractivity contribution in [3.63, 3.8) is 0 Å². The summed E-state index contributed by atoms with van der Waals surface area (Å²) in [7, 11) is 0. The summed E-state index contributed by atoms with van der Waals surface area (Å²) in [5.41, 5.74) is 1.13. The highest BCUT2D eigenvalue weighted by atomic mass is 32.2. The Balaban J connectivity index is 2.06. The van der Waals surface area contributed by atoms with Crippen molar-refractivity contribution in [3.8, 4) is 0 Å². The number of hydrogen-bond donors (Lipinski definition) is 1. The van der Waals surface area contributed by atoms with E-state index in [4.69, 9.17) is 0 Å². The van der Waals surface area contributed by atoms with Crippen molar-refractivity contribution >= 4 is 17.7 Å². The molecule has 2 rings (SSSR count). The van der Waals surface area contributed by atoms with Crippen LogP contribution in [0.15, 0.2) is 48.8 Å². The molecule has 0 saturated carbocycles. The van der Waals surface area contributed by atoms with Gasteiger partial charge in [-0.1, -0.05) is 30.3 Å². The normalized spacial score (nSPS) is 13.7. The number of thioether (sulfide) groups is 1. The molecule has 0 radical (unpaired) electrons. The van der Waals surface area contributed by atoms with E-state index in [0.717, 1.165) is 11.3 Å². The molecule has 2 aromatic rings. The maximum Gasteiger partial charge on any atom is 0.245 e. The fourth-order valence-corrected chi connectivity index (χ4v) is 2.60. The SMILES string of the molecule is CSC[C@H](NC(=O)[C@H](C)n1cccn1)c1ccccc1. The van der Waals surface area contributed by atoms with Crippen LogP contribution in [0.25, 0.3) is 0 Å². The minimum absolute atomic E-state index is 0.0170. The summed E-state index contributed by atoms with van der Waals surface area (Å²) in [6.45, 7) is 1.85. The quantitative estimate of drug-likeness (QED) is 0.889. The monoisotopic (exact) mass is 289 g/mol. The second kappa shape index (κ2) is 7.14. The number of carbonyl (C=O) groups excluding carboxylic acids is 1. The van der Waals surface area contributed by atoms with Crippen LogP contribution in [0.4, 0.5) is 0 Å². The van der Waals surface area contributed by atoms with Crippen molar-refractivity contribution in [1.29, 1.82) is 0 Å². The van der Waals surface area contributed by atoms with Crippen LogP contribution in [-0.4, -0.2) is 27.7 Å². The van der Waals surface area contributed by atoms with Gasteiger partial charge in [0.05, 0.1) is 6.04 Å². The van der Waals surface area contributed by atoms with E-state index in [0.29, 0.717) is 0 Å². The summed E-state index contributed by atoms with van der Waals surface area (Å²) in [6, 6.07) is 11.6. The van der Waals surface area contributed by atoms with Crippen LogP contribution < -0.4 is 5.32 Å². The summed E-state index contributed by atoms with van der Waals surface area (Å²) in [4.78, 5) is 12.3. The molecule has 0 aliphatic rings. The standard InChI is InChI=1S/C15H19N3OS/c1-12(18-10-6-9-16-18)15(19)17-14(11-20-2)13-7-4-3-5-8-13/h3-10,12,14H,11H2,1-2H3,(H,17,19)/t12-,14-/m0/s1.